The molecule has 2 rings (SSSR count). The summed E-state index contributed by atoms with van der Waals surface area (Å²) >= 11 is 0. The zero-order valence-corrected chi connectivity index (χ0v) is 14.4. The van der Waals surface area contributed by atoms with E-state index in [2.05, 4.69) is 69.2 Å². The van der Waals surface area contributed by atoms with E-state index in [1.54, 1.807) is 0 Å². The Morgan fingerprint density at radius 1 is 1.24 bits per heavy atom. The molecular formula is C19H32N2. The maximum Gasteiger partial charge on any atom is 0.0475 e. The Labute approximate surface area is 130 Å². The van der Waals surface area contributed by atoms with E-state index in [0.29, 0.717) is 12.1 Å². The number of rotatable bonds is 8. The van der Waals surface area contributed by atoms with E-state index < -0.39 is 0 Å². The molecule has 21 heavy (non-hydrogen) atoms. The normalized spacial score (nSPS) is 24.1. The van der Waals surface area contributed by atoms with Crippen LogP contribution in [0, 0.1) is 11.8 Å². The van der Waals surface area contributed by atoms with E-state index in [-0.39, 0.29) is 0 Å². The van der Waals surface area contributed by atoms with Crippen LogP contribution in [0.4, 0.5) is 0 Å². The van der Waals surface area contributed by atoms with Crippen molar-refractivity contribution in [3.63, 3.8) is 0 Å². The van der Waals surface area contributed by atoms with Crippen molar-refractivity contribution < 1.29 is 0 Å². The molecular weight excluding hydrogens is 256 g/mol. The van der Waals surface area contributed by atoms with Crippen LogP contribution in [0.3, 0.4) is 0 Å². The molecule has 118 valence electrons. The lowest BCUT2D eigenvalue weighted by atomic mass is 9.97. The molecule has 1 N–H and O–H groups in total. The summed E-state index contributed by atoms with van der Waals surface area (Å²) in [5, 5.41) is 3.68. The van der Waals surface area contributed by atoms with Gasteiger partial charge in [-0.15, -0.1) is 0 Å². The Hall–Kier alpha value is -0.860. The molecule has 4 atom stereocenters. The van der Waals surface area contributed by atoms with Crippen molar-refractivity contribution in [3.8, 4) is 0 Å². The van der Waals surface area contributed by atoms with Crippen molar-refractivity contribution >= 4 is 0 Å². The third kappa shape index (κ3) is 4.31. The van der Waals surface area contributed by atoms with Crippen molar-refractivity contribution in [2.45, 2.75) is 52.6 Å². The number of hydrogen-bond acceptors (Lipinski definition) is 2. The van der Waals surface area contributed by atoms with Gasteiger partial charge in [-0.25, -0.2) is 0 Å². The second-order valence-corrected chi connectivity index (χ2v) is 6.78. The number of nitrogens with one attached hydrogen (secondary N) is 1. The minimum Gasteiger partial charge on any atom is -0.309 e. The lowest BCUT2D eigenvalue weighted by Gasteiger charge is -2.33. The Bertz CT molecular complexity index is 426. The van der Waals surface area contributed by atoms with Gasteiger partial charge in [0, 0.05) is 18.6 Å². The third-order valence-electron chi connectivity index (χ3n) is 5.15. The molecule has 0 saturated heterocycles. The predicted octanol–water partition coefficient (Wildman–Crippen LogP) is 3.88. The smallest absolute Gasteiger partial charge is 0.0475 e. The maximum atomic E-state index is 3.68. The molecule has 0 bridgehead atoms. The monoisotopic (exact) mass is 288 g/mol. The average molecular weight is 288 g/mol. The second kappa shape index (κ2) is 7.42. The third-order valence-corrected chi connectivity index (χ3v) is 5.15. The van der Waals surface area contributed by atoms with Crippen molar-refractivity contribution in [1.29, 1.82) is 0 Å². The molecule has 0 heterocycles. The summed E-state index contributed by atoms with van der Waals surface area (Å²) in [7, 11) is 2.28. The largest absolute Gasteiger partial charge is 0.309 e. The van der Waals surface area contributed by atoms with E-state index >= 15 is 0 Å². The highest BCUT2D eigenvalue weighted by molar-refractivity contribution is 5.26. The van der Waals surface area contributed by atoms with Gasteiger partial charge in [0.1, 0.15) is 0 Å². The molecule has 1 aromatic carbocycles. The summed E-state index contributed by atoms with van der Waals surface area (Å²) in [6.07, 6.45) is 2.52. The minimum atomic E-state index is 0.417. The Morgan fingerprint density at radius 3 is 2.33 bits per heavy atom. The summed E-state index contributed by atoms with van der Waals surface area (Å²) in [6.45, 7) is 11.4. The van der Waals surface area contributed by atoms with Gasteiger partial charge >= 0.3 is 0 Å². The van der Waals surface area contributed by atoms with Gasteiger partial charge < -0.3 is 10.2 Å². The fraction of sp³-hybridized carbons (Fsp3) is 0.684. The van der Waals surface area contributed by atoms with E-state index in [4.69, 9.17) is 0 Å². The molecule has 1 fully saturated rings. The lowest BCUT2D eigenvalue weighted by Crippen LogP contribution is -2.42. The summed E-state index contributed by atoms with van der Waals surface area (Å²) < 4.78 is 0. The molecule has 2 nitrogen and oxygen atoms in total. The topological polar surface area (TPSA) is 15.3 Å². The van der Waals surface area contributed by atoms with Gasteiger partial charge in [-0.1, -0.05) is 45.0 Å². The molecule has 0 aliphatic heterocycles. The molecule has 0 radical (unpaired) electrons. The van der Waals surface area contributed by atoms with Crippen LogP contribution in [-0.4, -0.2) is 31.1 Å². The summed E-state index contributed by atoms with van der Waals surface area (Å²) in [5.74, 6) is 1.85. The highest BCUT2D eigenvalue weighted by atomic mass is 15.2. The Kier molecular flexibility index (Phi) is 5.83. The van der Waals surface area contributed by atoms with Gasteiger partial charge in [0.15, 0.2) is 0 Å². The van der Waals surface area contributed by atoms with Crippen LogP contribution in [0.15, 0.2) is 24.3 Å². The number of likely N-dealkylation sites (N-methyl/N-ethyl adjacent to an activating group) is 2. The highest BCUT2D eigenvalue weighted by Gasteiger charge is 2.35. The van der Waals surface area contributed by atoms with Crippen LogP contribution in [-0.2, 0) is 6.42 Å². The quantitative estimate of drug-likeness (QED) is 0.781. The van der Waals surface area contributed by atoms with Gasteiger partial charge in [0.05, 0.1) is 0 Å². The minimum absolute atomic E-state index is 0.417. The van der Waals surface area contributed by atoms with Gasteiger partial charge in [0.2, 0.25) is 0 Å². The van der Waals surface area contributed by atoms with Gasteiger partial charge in [0.25, 0.3) is 0 Å². The first-order chi connectivity index (χ1) is 10.1. The van der Waals surface area contributed by atoms with Gasteiger partial charge in [-0.2, -0.15) is 0 Å². The molecule has 2 heteroatoms. The zero-order valence-electron chi connectivity index (χ0n) is 14.4. The van der Waals surface area contributed by atoms with E-state index in [1.165, 1.54) is 24.1 Å². The average Bonchev–Trinajstić information content (AvgIpc) is 3.19. The molecule has 1 aliphatic carbocycles. The Morgan fingerprint density at radius 2 is 1.86 bits per heavy atom. The zero-order chi connectivity index (χ0) is 15.4. The maximum absolute atomic E-state index is 3.68. The van der Waals surface area contributed by atoms with Gasteiger partial charge in [-0.3, -0.25) is 0 Å². The number of aryl methyl sites for hydroxylation is 1. The fourth-order valence-electron chi connectivity index (χ4n) is 3.19. The lowest BCUT2D eigenvalue weighted by molar-refractivity contribution is 0.198. The van der Waals surface area contributed by atoms with Crippen LogP contribution >= 0.6 is 0 Å². The van der Waals surface area contributed by atoms with Crippen molar-refractivity contribution in [2.24, 2.45) is 11.8 Å². The highest BCUT2D eigenvalue weighted by Crippen LogP contribution is 2.38. The number of nitrogens with zero attached hydrogens (tertiary/aromatic N) is 1. The molecule has 1 aliphatic rings. The molecule has 1 saturated carbocycles. The van der Waals surface area contributed by atoms with Gasteiger partial charge in [-0.05, 0) is 56.3 Å². The predicted molar refractivity (Wildman–Crippen MR) is 91.6 cm³/mol. The standard InChI is InChI=1S/C19H32N2/c1-6-16-8-10-17(11-9-16)19(20-7-2)15(4)21(5)13-18-12-14(18)3/h8-11,14-15,18-20H,6-7,12-13H2,1-5H3. The first-order valence-electron chi connectivity index (χ1n) is 8.59. The van der Waals surface area contributed by atoms with E-state index in [1.807, 2.05) is 0 Å². The molecule has 0 spiro atoms. The SMILES string of the molecule is CCNC(c1ccc(CC)cc1)C(C)N(C)CC1CC1C. The van der Waals surface area contributed by atoms with Crippen molar-refractivity contribution in [3.05, 3.63) is 35.4 Å². The summed E-state index contributed by atoms with van der Waals surface area (Å²) in [5.41, 5.74) is 2.83. The van der Waals surface area contributed by atoms with E-state index in [0.717, 1.165) is 24.8 Å². The molecule has 0 amide bonds. The summed E-state index contributed by atoms with van der Waals surface area (Å²) in [6, 6.07) is 10.1. The van der Waals surface area contributed by atoms with Crippen LogP contribution in [0.2, 0.25) is 0 Å². The number of hydrogen-bond donors (Lipinski definition) is 1. The summed E-state index contributed by atoms with van der Waals surface area (Å²) in [4.78, 5) is 2.54. The fourth-order valence-corrected chi connectivity index (χ4v) is 3.19. The first kappa shape index (κ1) is 16.5. The molecule has 4 unspecified atom stereocenters. The van der Waals surface area contributed by atoms with Crippen LogP contribution < -0.4 is 5.32 Å². The first-order valence-corrected chi connectivity index (χ1v) is 8.59. The van der Waals surface area contributed by atoms with Crippen LogP contribution in [0.5, 0.6) is 0 Å². The Balaban J connectivity index is 2.04. The van der Waals surface area contributed by atoms with Crippen LogP contribution in [0.25, 0.3) is 0 Å². The number of benzene rings is 1. The van der Waals surface area contributed by atoms with Crippen molar-refractivity contribution in [1.82, 2.24) is 10.2 Å². The van der Waals surface area contributed by atoms with Crippen molar-refractivity contribution in [2.75, 3.05) is 20.1 Å². The van der Waals surface area contributed by atoms with E-state index in [9.17, 15) is 0 Å². The molecule has 0 aromatic heterocycles. The van der Waals surface area contributed by atoms with Crippen LogP contribution in [0.1, 0.15) is 51.3 Å². The second-order valence-electron chi connectivity index (χ2n) is 6.78. The molecule has 1 aromatic rings.